The Hall–Kier alpha value is -0.0400. The second-order valence-corrected chi connectivity index (χ2v) is 5.13. The molecule has 1 nitrogen and oxygen atoms in total. The topological polar surface area (TPSA) is 12.0 Å². The minimum Gasteiger partial charge on any atom is -0.313 e. The van der Waals surface area contributed by atoms with Crippen molar-refractivity contribution in [1.82, 2.24) is 5.32 Å². The van der Waals surface area contributed by atoms with Crippen molar-refractivity contribution in [2.75, 3.05) is 6.54 Å². The van der Waals surface area contributed by atoms with E-state index in [4.69, 9.17) is 0 Å². The molecule has 1 rings (SSSR count). The standard InChI is InChI=1S/C14H29N/c1-4-7-8-12(6-3)14(13-9-10-13)15-11-5-2/h12-15H,4-11H2,1-3H3. The first-order valence-corrected chi connectivity index (χ1v) is 7.06. The van der Waals surface area contributed by atoms with Crippen LogP contribution in [-0.4, -0.2) is 12.6 Å². The SMILES string of the molecule is CCCCC(CC)C(NCCC)C1CC1. The maximum absolute atomic E-state index is 3.79. The Balaban J connectivity index is 2.35. The molecule has 0 aliphatic heterocycles. The van der Waals surface area contributed by atoms with Crippen molar-refractivity contribution in [3.63, 3.8) is 0 Å². The molecule has 15 heavy (non-hydrogen) atoms. The van der Waals surface area contributed by atoms with Crippen molar-refractivity contribution in [1.29, 1.82) is 0 Å². The minimum atomic E-state index is 0.835. The summed E-state index contributed by atoms with van der Waals surface area (Å²) in [4.78, 5) is 0. The Morgan fingerprint density at radius 2 is 1.87 bits per heavy atom. The van der Waals surface area contributed by atoms with E-state index in [2.05, 4.69) is 26.1 Å². The van der Waals surface area contributed by atoms with E-state index in [-0.39, 0.29) is 0 Å². The quantitative estimate of drug-likeness (QED) is 0.608. The summed E-state index contributed by atoms with van der Waals surface area (Å²) in [6.07, 6.45) is 9.78. The molecule has 0 bridgehead atoms. The van der Waals surface area contributed by atoms with Gasteiger partial charge in [-0.3, -0.25) is 0 Å². The molecule has 1 fully saturated rings. The van der Waals surface area contributed by atoms with Gasteiger partial charge in [-0.25, -0.2) is 0 Å². The van der Waals surface area contributed by atoms with E-state index in [1.165, 1.54) is 51.5 Å². The van der Waals surface area contributed by atoms with E-state index >= 15 is 0 Å². The van der Waals surface area contributed by atoms with Crippen molar-refractivity contribution >= 4 is 0 Å². The fourth-order valence-electron chi connectivity index (χ4n) is 2.59. The second-order valence-electron chi connectivity index (χ2n) is 5.13. The molecule has 1 aliphatic rings. The third-order valence-electron chi connectivity index (χ3n) is 3.72. The lowest BCUT2D eigenvalue weighted by molar-refractivity contribution is 0.290. The van der Waals surface area contributed by atoms with Gasteiger partial charge >= 0.3 is 0 Å². The van der Waals surface area contributed by atoms with E-state index in [1.807, 2.05) is 0 Å². The first-order valence-electron chi connectivity index (χ1n) is 7.06. The molecule has 0 saturated heterocycles. The Labute approximate surface area is 96.0 Å². The van der Waals surface area contributed by atoms with Gasteiger partial charge in [0.25, 0.3) is 0 Å². The van der Waals surface area contributed by atoms with E-state index in [0.29, 0.717) is 0 Å². The maximum Gasteiger partial charge on any atom is 0.0123 e. The molecular weight excluding hydrogens is 182 g/mol. The monoisotopic (exact) mass is 211 g/mol. The summed E-state index contributed by atoms with van der Waals surface area (Å²) in [5.41, 5.74) is 0. The highest BCUT2D eigenvalue weighted by molar-refractivity contribution is 4.90. The predicted octanol–water partition coefficient (Wildman–Crippen LogP) is 3.98. The Morgan fingerprint density at radius 3 is 2.33 bits per heavy atom. The van der Waals surface area contributed by atoms with Gasteiger partial charge in [-0.05, 0) is 44.1 Å². The van der Waals surface area contributed by atoms with Gasteiger partial charge in [0, 0.05) is 6.04 Å². The van der Waals surface area contributed by atoms with Crippen LogP contribution in [0, 0.1) is 11.8 Å². The highest BCUT2D eigenvalue weighted by Gasteiger charge is 2.34. The van der Waals surface area contributed by atoms with Crippen LogP contribution in [0.5, 0.6) is 0 Å². The van der Waals surface area contributed by atoms with Gasteiger partial charge in [0.05, 0.1) is 0 Å². The Morgan fingerprint density at radius 1 is 1.13 bits per heavy atom. The van der Waals surface area contributed by atoms with Crippen LogP contribution in [0.25, 0.3) is 0 Å². The molecule has 0 aromatic carbocycles. The van der Waals surface area contributed by atoms with Crippen LogP contribution >= 0.6 is 0 Å². The first kappa shape index (κ1) is 13.0. The zero-order valence-electron chi connectivity index (χ0n) is 10.9. The van der Waals surface area contributed by atoms with Crippen molar-refractivity contribution in [3.8, 4) is 0 Å². The van der Waals surface area contributed by atoms with E-state index < -0.39 is 0 Å². The zero-order valence-corrected chi connectivity index (χ0v) is 10.9. The van der Waals surface area contributed by atoms with Crippen molar-refractivity contribution in [2.24, 2.45) is 11.8 Å². The third-order valence-corrected chi connectivity index (χ3v) is 3.72. The molecule has 90 valence electrons. The van der Waals surface area contributed by atoms with Crippen LogP contribution in [-0.2, 0) is 0 Å². The molecule has 0 spiro atoms. The summed E-state index contributed by atoms with van der Waals surface area (Å²) >= 11 is 0. The number of unbranched alkanes of at least 4 members (excludes halogenated alkanes) is 1. The molecule has 0 radical (unpaired) electrons. The van der Waals surface area contributed by atoms with Crippen molar-refractivity contribution in [2.45, 2.75) is 71.8 Å². The fourth-order valence-corrected chi connectivity index (χ4v) is 2.59. The molecular formula is C14H29N. The van der Waals surface area contributed by atoms with Crippen LogP contribution in [0.1, 0.15) is 65.7 Å². The lowest BCUT2D eigenvalue weighted by Crippen LogP contribution is -2.38. The minimum absolute atomic E-state index is 0.835. The number of hydrogen-bond acceptors (Lipinski definition) is 1. The second kappa shape index (κ2) is 7.27. The maximum atomic E-state index is 3.79. The molecule has 1 N–H and O–H groups in total. The fraction of sp³-hybridized carbons (Fsp3) is 1.00. The number of hydrogen-bond donors (Lipinski definition) is 1. The third kappa shape index (κ3) is 4.55. The van der Waals surface area contributed by atoms with Gasteiger partial charge in [0.15, 0.2) is 0 Å². The largest absolute Gasteiger partial charge is 0.313 e. The van der Waals surface area contributed by atoms with Gasteiger partial charge in [0.1, 0.15) is 0 Å². The van der Waals surface area contributed by atoms with Crippen LogP contribution in [0.4, 0.5) is 0 Å². The molecule has 0 aromatic rings. The molecule has 1 aliphatic carbocycles. The zero-order chi connectivity index (χ0) is 11.1. The molecule has 2 atom stereocenters. The van der Waals surface area contributed by atoms with Gasteiger partial charge in [-0.1, -0.05) is 40.0 Å². The summed E-state index contributed by atoms with van der Waals surface area (Å²) in [5.74, 6) is 1.95. The predicted molar refractivity (Wildman–Crippen MR) is 68.1 cm³/mol. The lowest BCUT2D eigenvalue weighted by atomic mass is 9.88. The van der Waals surface area contributed by atoms with Crippen molar-refractivity contribution in [3.05, 3.63) is 0 Å². The normalized spacial score (nSPS) is 20.2. The van der Waals surface area contributed by atoms with E-state index in [1.54, 1.807) is 0 Å². The van der Waals surface area contributed by atoms with Crippen LogP contribution in [0.2, 0.25) is 0 Å². The van der Waals surface area contributed by atoms with Crippen LogP contribution in [0.15, 0.2) is 0 Å². The molecule has 0 aromatic heterocycles. The van der Waals surface area contributed by atoms with Gasteiger partial charge in [-0.15, -0.1) is 0 Å². The van der Waals surface area contributed by atoms with Gasteiger partial charge in [-0.2, -0.15) is 0 Å². The number of rotatable bonds is 9. The van der Waals surface area contributed by atoms with Crippen LogP contribution < -0.4 is 5.32 Å². The van der Waals surface area contributed by atoms with Crippen LogP contribution in [0.3, 0.4) is 0 Å². The van der Waals surface area contributed by atoms with E-state index in [9.17, 15) is 0 Å². The molecule has 2 unspecified atom stereocenters. The lowest BCUT2D eigenvalue weighted by Gasteiger charge is -2.27. The van der Waals surface area contributed by atoms with Gasteiger partial charge < -0.3 is 5.32 Å². The number of nitrogens with one attached hydrogen (secondary N) is 1. The Bertz CT molecular complexity index is 151. The molecule has 0 heterocycles. The summed E-state index contributed by atoms with van der Waals surface area (Å²) < 4.78 is 0. The van der Waals surface area contributed by atoms with E-state index in [0.717, 1.165) is 17.9 Å². The highest BCUT2D eigenvalue weighted by Crippen LogP contribution is 2.38. The molecule has 1 saturated carbocycles. The first-order chi connectivity index (χ1) is 7.33. The van der Waals surface area contributed by atoms with Crippen molar-refractivity contribution < 1.29 is 0 Å². The molecule has 0 amide bonds. The Kier molecular flexibility index (Phi) is 6.31. The summed E-state index contributed by atoms with van der Waals surface area (Å²) in [6.45, 7) is 8.15. The summed E-state index contributed by atoms with van der Waals surface area (Å²) in [5, 5.41) is 3.79. The summed E-state index contributed by atoms with van der Waals surface area (Å²) in [6, 6.07) is 0.835. The summed E-state index contributed by atoms with van der Waals surface area (Å²) in [7, 11) is 0. The smallest absolute Gasteiger partial charge is 0.0123 e. The average molecular weight is 211 g/mol. The molecule has 1 heteroatoms. The highest BCUT2D eigenvalue weighted by atomic mass is 14.9. The average Bonchev–Trinajstić information content (AvgIpc) is 3.07. The van der Waals surface area contributed by atoms with Gasteiger partial charge in [0.2, 0.25) is 0 Å².